The van der Waals surface area contributed by atoms with Gasteiger partial charge in [-0.15, -0.1) is 0 Å². The summed E-state index contributed by atoms with van der Waals surface area (Å²) in [5, 5.41) is 0.572. The predicted octanol–water partition coefficient (Wildman–Crippen LogP) is 4.45. The van der Waals surface area contributed by atoms with Crippen LogP contribution in [0.2, 0.25) is 0 Å². The SMILES string of the molecule is Cc1nc(Oc2ccc(F)cc2Br)sc1C. The molecule has 1 aromatic heterocycles. The molecule has 0 atom stereocenters. The van der Waals surface area contributed by atoms with E-state index in [4.69, 9.17) is 4.74 Å². The van der Waals surface area contributed by atoms with E-state index in [-0.39, 0.29) is 5.82 Å². The lowest BCUT2D eigenvalue weighted by molar-refractivity contribution is 0.472. The average Bonchev–Trinajstić information content (AvgIpc) is 2.51. The summed E-state index contributed by atoms with van der Waals surface area (Å²) in [5.74, 6) is 0.265. The minimum absolute atomic E-state index is 0.300. The summed E-state index contributed by atoms with van der Waals surface area (Å²) in [6.07, 6.45) is 0. The number of hydrogen-bond acceptors (Lipinski definition) is 3. The average molecular weight is 302 g/mol. The Morgan fingerprint density at radius 2 is 2.12 bits per heavy atom. The molecule has 0 N–H and O–H groups in total. The lowest BCUT2D eigenvalue weighted by Gasteiger charge is -2.03. The summed E-state index contributed by atoms with van der Waals surface area (Å²) in [6.45, 7) is 3.91. The number of rotatable bonds is 2. The first-order chi connectivity index (χ1) is 7.56. The smallest absolute Gasteiger partial charge is 0.279 e. The van der Waals surface area contributed by atoms with Crippen LogP contribution in [-0.2, 0) is 0 Å². The van der Waals surface area contributed by atoms with Crippen molar-refractivity contribution >= 4 is 27.3 Å². The third-order valence-corrected chi connectivity index (χ3v) is 3.67. The molecular formula is C11H9BrFNOS. The van der Waals surface area contributed by atoms with E-state index in [1.165, 1.54) is 23.5 Å². The summed E-state index contributed by atoms with van der Waals surface area (Å²) in [4.78, 5) is 5.37. The van der Waals surface area contributed by atoms with Crippen molar-refractivity contribution in [3.8, 4) is 10.9 Å². The van der Waals surface area contributed by atoms with E-state index < -0.39 is 0 Å². The van der Waals surface area contributed by atoms with Gasteiger partial charge in [-0.25, -0.2) is 9.37 Å². The van der Waals surface area contributed by atoms with Crippen LogP contribution in [0.4, 0.5) is 4.39 Å². The highest BCUT2D eigenvalue weighted by atomic mass is 79.9. The molecule has 0 saturated carbocycles. The van der Waals surface area contributed by atoms with Crippen LogP contribution in [0.3, 0.4) is 0 Å². The fraction of sp³-hybridized carbons (Fsp3) is 0.182. The molecule has 0 aliphatic rings. The van der Waals surface area contributed by atoms with E-state index in [9.17, 15) is 4.39 Å². The van der Waals surface area contributed by atoms with Crippen LogP contribution in [0.5, 0.6) is 10.9 Å². The van der Waals surface area contributed by atoms with Gasteiger partial charge >= 0.3 is 0 Å². The summed E-state index contributed by atoms with van der Waals surface area (Å²) in [6, 6.07) is 4.29. The standard InChI is InChI=1S/C11H9BrFNOS/c1-6-7(2)16-11(14-6)15-10-4-3-8(13)5-9(10)12/h3-5H,1-2H3. The topological polar surface area (TPSA) is 22.1 Å². The number of aromatic nitrogens is 1. The van der Waals surface area contributed by atoms with Gasteiger partial charge in [-0.1, -0.05) is 11.3 Å². The molecule has 0 aliphatic carbocycles. The van der Waals surface area contributed by atoms with Crippen molar-refractivity contribution in [1.82, 2.24) is 4.98 Å². The third kappa shape index (κ3) is 2.41. The van der Waals surface area contributed by atoms with Crippen LogP contribution in [0.15, 0.2) is 22.7 Å². The molecule has 0 aliphatic heterocycles. The molecule has 0 amide bonds. The van der Waals surface area contributed by atoms with Crippen LogP contribution in [-0.4, -0.2) is 4.98 Å². The normalized spacial score (nSPS) is 10.5. The third-order valence-electron chi connectivity index (χ3n) is 2.10. The molecule has 0 unspecified atom stereocenters. The van der Waals surface area contributed by atoms with E-state index in [0.29, 0.717) is 15.4 Å². The number of aryl methyl sites for hydroxylation is 2. The minimum atomic E-state index is -0.300. The van der Waals surface area contributed by atoms with Crippen LogP contribution < -0.4 is 4.74 Å². The van der Waals surface area contributed by atoms with Crippen molar-refractivity contribution in [3.63, 3.8) is 0 Å². The molecule has 0 saturated heterocycles. The van der Waals surface area contributed by atoms with Crippen molar-refractivity contribution in [1.29, 1.82) is 0 Å². The fourth-order valence-corrected chi connectivity index (χ4v) is 2.34. The van der Waals surface area contributed by atoms with E-state index >= 15 is 0 Å². The van der Waals surface area contributed by atoms with Crippen molar-refractivity contribution in [2.45, 2.75) is 13.8 Å². The summed E-state index contributed by atoms with van der Waals surface area (Å²) in [5.41, 5.74) is 0.957. The van der Waals surface area contributed by atoms with Gasteiger partial charge in [0.15, 0.2) is 0 Å². The number of ether oxygens (including phenoxy) is 1. The molecule has 0 fully saturated rings. The zero-order chi connectivity index (χ0) is 11.7. The number of benzene rings is 1. The minimum Gasteiger partial charge on any atom is -0.430 e. The first kappa shape index (κ1) is 11.5. The second-order valence-corrected chi connectivity index (χ2v) is 5.32. The van der Waals surface area contributed by atoms with Gasteiger partial charge < -0.3 is 4.74 Å². The van der Waals surface area contributed by atoms with Gasteiger partial charge in [-0.2, -0.15) is 0 Å². The maximum Gasteiger partial charge on any atom is 0.279 e. The molecule has 1 aromatic carbocycles. The molecule has 0 bridgehead atoms. The van der Waals surface area contributed by atoms with Gasteiger partial charge in [0.1, 0.15) is 11.6 Å². The van der Waals surface area contributed by atoms with Gasteiger partial charge in [-0.3, -0.25) is 0 Å². The van der Waals surface area contributed by atoms with Crippen molar-refractivity contribution in [2.75, 3.05) is 0 Å². The van der Waals surface area contributed by atoms with Gasteiger partial charge in [-0.05, 0) is 48.0 Å². The monoisotopic (exact) mass is 301 g/mol. The maximum absolute atomic E-state index is 12.9. The van der Waals surface area contributed by atoms with E-state index in [2.05, 4.69) is 20.9 Å². The highest BCUT2D eigenvalue weighted by Gasteiger charge is 2.08. The van der Waals surface area contributed by atoms with Gasteiger partial charge in [0.25, 0.3) is 5.19 Å². The highest BCUT2D eigenvalue weighted by molar-refractivity contribution is 9.10. The van der Waals surface area contributed by atoms with E-state index in [1.807, 2.05) is 13.8 Å². The Bertz CT molecular complexity index is 507. The van der Waals surface area contributed by atoms with Crippen LogP contribution in [0, 0.1) is 19.7 Å². The van der Waals surface area contributed by atoms with Crippen molar-refractivity contribution < 1.29 is 9.13 Å². The van der Waals surface area contributed by atoms with Crippen LogP contribution in [0.1, 0.15) is 10.6 Å². The zero-order valence-corrected chi connectivity index (χ0v) is 11.2. The van der Waals surface area contributed by atoms with Crippen LogP contribution >= 0.6 is 27.3 Å². The largest absolute Gasteiger partial charge is 0.430 e. The molecule has 5 heteroatoms. The van der Waals surface area contributed by atoms with Crippen molar-refractivity contribution in [2.24, 2.45) is 0 Å². The van der Waals surface area contributed by atoms with E-state index in [0.717, 1.165) is 10.6 Å². The number of hydrogen-bond donors (Lipinski definition) is 0. The zero-order valence-electron chi connectivity index (χ0n) is 8.75. The molecule has 2 nitrogen and oxygen atoms in total. The Balaban J connectivity index is 2.27. The van der Waals surface area contributed by atoms with Crippen molar-refractivity contribution in [3.05, 3.63) is 39.1 Å². The maximum atomic E-state index is 12.9. The first-order valence-corrected chi connectivity index (χ1v) is 6.24. The van der Waals surface area contributed by atoms with Crippen LogP contribution in [0.25, 0.3) is 0 Å². The Kier molecular flexibility index (Phi) is 3.25. The molecule has 0 spiro atoms. The second-order valence-electron chi connectivity index (χ2n) is 3.30. The second kappa shape index (κ2) is 4.51. The van der Waals surface area contributed by atoms with Gasteiger partial charge in [0.2, 0.25) is 0 Å². The summed E-state index contributed by atoms with van der Waals surface area (Å²) in [7, 11) is 0. The van der Waals surface area contributed by atoms with Gasteiger partial charge in [0.05, 0.1) is 10.2 Å². The number of thiazole rings is 1. The lowest BCUT2D eigenvalue weighted by Crippen LogP contribution is -1.85. The van der Waals surface area contributed by atoms with Gasteiger partial charge in [0, 0.05) is 4.88 Å². The summed E-state index contributed by atoms with van der Waals surface area (Å²) >= 11 is 4.72. The predicted molar refractivity (Wildman–Crippen MR) is 65.8 cm³/mol. The molecule has 2 aromatic rings. The number of nitrogens with zero attached hydrogens (tertiary/aromatic N) is 1. The Morgan fingerprint density at radius 3 is 2.69 bits per heavy atom. The number of halogens is 2. The highest BCUT2D eigenvalue weighted by Crippen LogP contribution is 2.33. The quantitative estimate of drug-likeness (QED) is 0.817. The fourth-order valence-electron chi connectivity index (χ4n) is 1.14. The molecule has 2 rings (SSSR count). The first-order valence-electron chi connectivity index (χ1n) is 4.63. The lowest BCUT2D eigenvalue weighted by atomic mass is 10.3. The molecule has 16 heavy (non-hydrogen) atoms. The Morgan fingerprint density at radius 1 is 1.38 bits per heavy atom. The molecular weight excluding hydrogens is 293 g/mol. The Hall–Kier alpha value is -0.940. The molecule has 0 radical (unpaired) electrons. The summed E-state index contributed by atoms with van der Waals surface area (Å²) < 4.78 is 19.0. The molecule has 1 heterocycles. The van der Waals surface area contributed by atoms with E-state index in [1.54, 1.807) is 6.07 Å². The molecule has 84 valence electrons. The Labute approximate surface area is 105 Å².